The fourth-order valence-electron chi connectivity index (χ4n) is 3.58. The van der Waals surface area contributed by atoms with Crippen LogP contribution < -0.4 is 10.6 Å². The number of hydrogen-bond acceptors (Lipinski definition) is 5. The molecule has 28 heavy (non-hydrogen) atoms. The van der Waals surface area contributed by atoms with Crippen LogP contribution in [-0.2, 0) is 4.79 Å². The molecule has 2 aromatic carbocycles. The smallest absolute Gasteiger partial charge is 0.335 e. The van der Waals surface area contributed by atoms with Crippen molar-refractivity contribution in [3.8, 4) is 5.69 Å². The summed E-state index contributed by atoms with van der Waals surface area (Å²) in [5.41, 5.74) is 9.06. The second kappa shape index (κ2) is 7.32. The van der Waals surface area contributed by atoms with Gasteiger partial charge in [0, 0.05) is 37.6 Å². The summed E-state index contributed by atoms with van der Waals surface area (Å²) in [7, 11) is 0. The lowest BCUT2D eigenvalue weighted by Gasteiger charge is -2.35. The Bertz CT molecular complexity index is 1040. The van der Waals surface area contributed by atoms with Gasteiger partial charge in [-0.15, -0.1) is 0 Å². The first kappa shape index (κ1) is 18.0. The Morgan fingerprint density at radius 1 is 1.04 bits per heavy atom. The number of carboxylic acids is 1. The number of imidazole rings is 1. The van der Waals surface area contributed by atoms with E-state index in [9.17, 15) is 9.59 Å². The quantitative estimate of drug-likeness (QED) is 0.693. The number of nitrogens with two attached hydrogens (primary N) is 1. The highest BCUT2D eigenvalue weighted by Gasteiger charge is 2.19. The third kappa shape index (κ3) is 3.54. The first-order valence-electron chi connectivity index (χ1n) is 9.08. The average molecular weight is 379 g/mol. The van der Waals surface area contributed by atoms with Gasteiger partial charge >= 0.3 is 5.97 Å². The number of anilines is 1. The van der Waals surface area contributed by atoms with E-state index < -0.39 is 5.97 Å². The summed E-state index contributed by atoms with van der Waals surface area (Å²) in [6, 6.07) is 13.1. The van der Waals surface area contributed by atoms with Gasteiger partial charge in [0.15, 0.2) is 0 Å². The number of amides is 1. The maximum Gasteiger partial charge on any atom is 0.335 e. The molecule has 3 N–H and O–H groups in total. The van der Waals surface area contributed by atoms with E-state index in [1.807, 2.05) is 16.7 Å². The van der Waals surface area contributed by atoms with Crippen molar-refractivity contribution in [2.24, 2.45) is 5.73 Å². The molecule has 1 fully saturated rings. The zero-order valence-corrected chi connectivity index (χ0v) is 15.3. The van der Waals surface area contributed by atoms with Gasteiger partial charge in [-0.2, -0.15) is 0 Å². The zero-order valence-electron chi connectivity index (χ0n) is 15.3. The summed E-state index contributed by atoms with van der Waals surface area (Å²) in [6.45, 7) is 3.53. The molecule has 144 valence electrons. The van der Waals surface area contributed by atoms with E-state index in [-0.39, 0.29) is 11.5 Å². The molecule has 1 aromatic heterocycles. The number of benzene rings is 2. The molecule has 2 heterocycles. The Morgan fingerprint density at radius 3 is 2.50 bits per heavy atom. The van der Waals surface area contributed by atoms with Crippen molar-refractivity contribution in [1.29, 1.82) is 0 Å². The lowest BCUT2D eigenvalue weighted by atomic mass is 10.2. The molecule has 0 spiro atoms. The second-order valence-corrected chi connectivity index (χ2v) is 6.87. The molecule has 1 aliphatic rings. The van der Waals surface area contributed by atoms with Crippen LogP contribution in [0.15, 0.2) is 48.8 Å². The molecule has 8 nitrogen and oxygen atoms in total. The standard InChI is InChI=1S/C20H21N5O3/c21-19(26)12-23-6-8-24(9-7-23)15-2-1-3-16(11-15)25-13-22-17-10-14(20(27)28)4-5-18(17)25/h1-5,10-11,13H,6-9,12H2,(H2,21,26)(H,27,28). The highest BCUT2D eigenvalue weighted by atomic mass is 16.4. The normalized spacial score (nSPS) is 15.1. The molecule has 8 heteroatoms. The van der Waals surface area contributed by atoms with E-state index in [1.54, 1.807) is 24.5 Å². The minimum Gasteiger partial charge on any atom is -0.478 e. The summed E-state index contributed by atoms with van der Waals surface area (Å²) in [5, 5.41) is 9.15. The molecule has 0 unspecified atom stereocenters. The number of aromatic nitrogens is 2. The summed E-state index contributed by atoms with van der Waals surface area (Å²) in [4.78, 5) is 30.9. The van der Waals surface area contributed by atoms with Crippen molar-refractivity contribution in [3.63, 3.8) is 0 Å². The Kier molecular flexibility index (Phi) is 4.70. The molecule has 1 saturated heterocycles. The van der Waals surface area contributed by atoms with Crippen LogP contribution in [0.4, 0.5) is 5.69 Å². The van der Waals surface area contributed by atoms with E-state index in [2.05, 4.69) is 26.9 Å². The summed E-state index contributed by atoms with van der Waals surface area (Å²) >= 11 is 0. The van der Waals surface area contributed by atoms with Gasteiger partial charge in [0.25, 0.3) is 0 Å². The van der Waals surface area contributed by atoms with Gasteiger partial charge in [0.1, 0.15) is 6.33 Å². The number of rotatable bonds is 5. The minimum absolute atomic E-state index is 0.223. The molecular formula is C20H21N5O3. The molecular weight excluding hydrogens is 358 g/mol. The van der Waals surface area contributed by atoms with E-state index >= 15 is 0 Å². The van der Waals surface area contributed by atoms with Crippen LogP contribution in [-0.4, -0.2) is 64.2 Å². The van der Waals surface area contributed by atoms with Crippen LogP contribution in [0.5, 0.6) is 0 Å². The van der Waals surface area contributed by atoms with Crippen molar-refractivity contribution >= 4 is 28.6 Å². The number of primary amides is 1. The molecule has 1 aliphatic heterocycles. The maximum absolute atomic E-state index is 11.2. The molecule has 1 amide bonds. The highest BCUT2D eigenvalue weighted by molar-refractivity contribution is 5.92. The van der Waals surface area contributed by atoms with Gasteiger partial charge in [-0.25, -0.2) is 9.78 Å². The number of nitrogens with zero attached hydrogens (tertiary/aromatic N) is 4. The van der Waals surface area contributed by atoms with Crippen LogP contribution in [0.1, 0.15) is 10.4 Å². The number of piperazine rings is 1. The largest absolute Gasteiger partial charge is 0.478 e. The Labute approximate surface area is 161 Å². The summed E-state index contributed by atoms with van der Waals surface area (Å²) in [6.07, 6.45) is 1.71. The summed E-state index contributed by atoms with van der Waals surface area (Å²) in [5.74, 6) is -1.26. The average Bonchev–Trinajstić information content (AvgIpc) is 3.11. The van der Waals surface area contributed by atoms with Gasteiger partial charge < -0.3 is 15.7 Å². The van der Waals surface area contributed by atoms with E-state index in [4.69, 9.17) is 10.8 Å². The predicted octanol–water partition coefficient (Wildman–Crippen LogP) is 1.33. The summed E-state index contributed by atoms with van der Waals surface area (Å²) < 4.78 is 1.95. The van der Waals surface area contributed by atoms with Gasteiger partial charge in [0.05, 0.1) is 23.1 Å². The monoisotopic (exact) mass is 379 g/mol. The molecule has 0 aliphatic carbocycles. The van der Waals surface area contributed by atoms with Crippen molar-refractivity contribution in [3.05, 3.63) is 54.4 Å². The molecule has 3 aromatic rings. The van der Waals surface area contributed by atoms with Crippen molar-refractivity contribution in [1.82, 2.24) is 14.5 Å². The fraction of sp³-hybridized carbons (Fsp3) is 0.250. The van der Waals surface area contributed by atoms with Crippen molar-refractivity contribution in [2.75, 3.05) is 37.6 Å². The van der Waals surface area contributed by atoms with E-state index in [0.29, 0.717) is 12.1 Å². The van der Waals surface area contributed by atoms with Gasteiger partial charge in [-0.05, 0) is 36.4 Å². The third-order valence-electron chi connectivity index (χ3n) is 5.02. The zero-order chi connectivity index (χ0) is 19.7. The number of carboxylic acid groups (broad SMARTS) is 1. The second-order valence-electron chi connectivity index (χ2n) is 6.87. The van der Waals surface area contributed by atoms with Crippen molar-refractivity contribution in [2.45, 2.75) is 0 Å². The van der Waals surface area contributed by atoms with Crippen LogP contribution in [0.25, 0.3) is 16.7 Å². The van der Waals surface area contributed by atoms with E-state index in [1.165, 1.54) is 0 Å². The SMILES string of the molecule is NC(=O)CN1CCN(c2cccc(-n3cnc4cc(C(=O)O)ccc43)c2)CC1. The molecule has 0 atom stereocenters. The Balaban J connectivity index is 1.57. The molecule has 4 rings (SSSR count). The van der Waals surface area contributed by atoms with Gasteiger partial charge in [-0.3, -0.25) is 14.3 Å². The van der Waals surface area contributed by atoms with Gasteiger partial charge in [0.2, 0.25) is 5.91 Å². The Morgan fingerprint density at radius 2 is 1.79 bits per heavy atom. The first-order valence-corrected chi connectivity index (χ1v) is 9.08. The molecule has 0 saturated carbocycles. The topological polar surface area (TPSA) is 105 Å². The predicted molar refractivity (Wildman–Crippen MR) is 106 cm³/mol. The van der Waals surface area contributed by atoms with Gasteiger partial charge in [-0.1, -0.05) is 6.07 Å². The maximum atomic E-state index is 11.2. The first-order chi connectivity index (χ1) is 13.5. The van der Waals surface area contributed by atoms with Crippen molar-refractivity contribution < 1.29 is 14.7 Å². The minimum atomic E-state index is -0.964. The molecule has 0 bridgehead atoms. The number of hydrogen-bond donors (Lipinski definition) is 2. The number of fused-ring (bicyclic) bond motifs is 1. The number of aromatic carboxylic acids is 1. The Hall–Kier alpha value is -3.39. The van der Waals surface area contributed by atoms with Crippen LogP contribution in [0.3, 0.4) is 0 Å². The van der Waals surface area contributed by atoms with Crippen LogP contribution in [0.2, 0.25) is 0 Å². The van der Waals surface area contributed by atoms with Crippen LogP contribution in [0, 0.1) is 0 Å². The van der Waals surface area contributed by atoms with Crippen LogP contribution >= 0.6 is 0 Å². The lowest BCUT2D eigenvalue weighted by Crippen LogP contribution is -2.48. The molecule has 0 radical (unpaired) electrons. The lowest BCUT2D eigenvalue weighted by molar-refractivity contribution is -0.119. The number of carbonyl (C=O) groups is 2. The third-order valence-corrected chi connectivity index (χ3v) is 5.02. The van der Waals surface area contributed by atoms with E-state index in [0.717, 1.165) is 43.1 Å². The number of carbonyl (C=O) groups excluding carboxylic acids is 1. The fourth-order valence-corrected chi connectivity index (χ4v) is 3.58. The highest BCUT2D eigenvalue weighted by Crippen LogP contribution is 2.24.